The average molecular weight is 373 g/mol. The zero-order valence-corrected chi connectivity index (χ0v) is 16.0. The highest BCUT2D eigenvalue weighted by Gasteiger charge is 2.22. The van der Waals surface area contributed by atoms with E-state index < -0.39 is 0 Å². The van der Waals surface area contributed by atoms with Crippen molar-refractivity contribution in [1.82, 2.24) is 9.55 Å². The quantitative estimate of drug-likeness (QED) is 0.700. The van der Waals surface area contributed by atoms with Gasteiger partial charge in [-0.05, 0) is 19.1 Å². The molecule has 0 bridgehead atoms. The van der Waals surface area contributed by atoms with Crippen molar-refractivity contribution >= 4 is 11.9 Å². The molecular formula is C23H23N3O2. The van der Waals surface area contributed by atoms with Crippen LogP contribution in [-0.2, 0) is 4.74 Å². The minimum atomic E-state index is -0.116. The van der Waals surface area contributed by atoms with E-state index >= 15 is 0 Å². The molecule has 4 rings (SSSR count). The molecule has 0 spiro atoms. The van der Waals surface area contributed by atoms with E-state index in [9.17, 15) is 4.79 Å². The monoisotopic (exact) mass is 373 g/mol. The summed E-state index contributed by atoms with van der Waals surface area (Å²) in [6.45, 7) is 8.57. The summed E-state index contributed by atoms with van der Waals surface area (Å²) >= 11 is 0. The van der Waals surface area contributed by atoms with E-state index in [4.69, 9.17) is 9.72 Å². The third-order valence-corrected chi connectivity index (χ3v) is 4.94. The Balaban J connectivity index is 2.00. The summed E-state index contributed by atoms with van der Waals surface area (Å²) in [5.41, 5.74) is 3.22. The maximum Gasteiger partial charge on any atom is 0.267 e. The Morgan fingerprint density at radius 1 is 1.04 bits per heavy atom. The van der Waals surface area contributed by atoms with E-state index in [1.807, 2.05) is 61.5 Å². The largest absolute Gasteiger partial charge is 0.378 e. The van der Waals surface area contributed by atoms with Crippen LogP contribution in [0.2, 0.25) is 0 Å². The third-order valence-electron chi connectivity index (χ3n) is 4.94. The van der Waals surface area contributed by atoms with Crippen LogP contribution in [0, 0.1) is 6.92 Å². The van der Waals surface area contributed by atoms with E-state index in [2.05, 4.69) is 11.5 Å². The van der Waals surface area contributed by atoms with Crippen LogP contribution in [0.15, 0.2) is 66.0 Å². The summed E-state index contributed by atoms with van der Waals surface area (Å²) in [6.07, 6.45) is 1.61. The van der Waals surface area contributed by atoms with Gasteiger partial charge in [-0.2, -0.15) is 0 Å². The number of aryl methyl sites for hydroxylation is 1. The van der Waals surface area contributed by atoms with Gasteiger partial charge in [-0.1, -0.05) is 60.7 Å². The van der Waals surface area contributed by atoms with Crippen molar-refractivity contribution in [2.75, 3.05) is 31.2 Å². The molecule has 1 fully saturated rings. The summed E-state index contributed by atoms with van der Waals surface area (Å²) < 4.78 is 7.14. The van der Waals surface area contributed by atoms with Crippen LogP contribution in [0.3, 0.4) is 0 Å². The number of benzene rings is 2. The van der Waals surface area contributed by atoms with Crippen molar-refractivity contribution < 1.29 is 4.74 Å². The van der Waals surface area contributed by atoms with Crippen LogP contribution in [0.25, 0.3) is 23.2 Å². The van der Waals surface area contributed by atoms with Crippen molar-refractivity contribution in [2.24, 2.45) is 0 Å². The van der Waals surface area contributed by atoms with Gasteiger partial charge in [-0.15, -0.1) is 0 Å². The van der Waals surface area contributed by atoms with Crippen LogP contribution in [0.5, 0.6) is 0 Å². The van der Waals surface area contributed by atoms with Crippen molar-refractivity contribution in [3.05, 3.63) is 82.7 Å². The fourth-order valence-corrected chi connectivity index (χ4v) is 3.43. The summed E-state index contributed by atoms with van der Waals surface area (Å²) in [7, 11) is 0. The highest BCUT2D eigenvalue weighted by atomic mass is 16.5. The van der Waals surface area contributed by atoms with E-state index in [-0.39, 0.29) is 5.56 Å². The molecule has 1 saturated heterocycles. The van der Waals surface area contributed by atoms with Crippen LogP contribution >= 0.6 is 0 Å². The third kappa shape index (κ3) is 3.37. The number of morpholine rings is 1. The number of rotatable bonds is 4. The van der Waals surface area contributed by atoms with Gasteiger partial charge in [-0.25, -0.2) is 4.98 Å². The first-order valence-corrected chi connectivity index (χ1v) is 9.43. The fourth-order valence-electron chi connectivity index (χ4n) is 3.43. The Morgan fingerprint density at radius 3 is 2.36 bits per heavy atom. The first-order chi connectivity index (χ1) is 13.7. The molecule has 3 aromatic rings. The summed E-state index contributed by atoms with van der Waals surface area (Å²) in [6, 6.07) is 17.7. The Hall–Kier alpha value is -3.18. The Bertz CT molecular complexity index is 1030. The van der Waals surface area contributed by atoms with Crippen LogP contribution in [0.4, 0.5) is 5.82 Å². The molecule has 2 aromatic carbocycles. The predicted octanol–water partition coefficient (Wildman–Crippen LogP) is 3.69. The molecule has 0 aliphatic carbocycles. The lowest BCUT2D eigenvalue weighted by Crippen LogP contribution is -2.39. The van der Waals surface area contributed by atoms with Crippen LogP contribution in [-0.4, -0.2) is 35.9 Å². The van der Waals surface area contributed by atoms with E-state index in [1.54, 1.807) is 10.6 Å². The van der Waals surface area contributed by atoms with Gasteiger partial charge < -0.3 is 9.64 Å². The van der Waals surface area contributed by atoms with Crippen LogP contribution < -0.4 is 10.5 Å². The molecule has 1 aliphatic heterocycles. The first-order valence-electron chi connectivity index (χ1n) is 9.43. The molecule has 5 heteroatoms. The second-order valence-electron chi connectivity index (χ2n) is 6.82. The van der Waals surface area contributed by atoms with Crippen molar-refractivity contribution in [1.29, 1.82) is 0 Å². The lowest BCUT2D eigenvalue weighted by Gasteiger charge is -2.30. The molecule has 1 aliphatic rings. The molecule has 142 valence electrons. The zero-order valence-electron chi connectivity index (χ0n) is 16.0. The van der Waals surface area contributed by atoms with Gasteiger partial charge >= 0.3 is 0 Å². The van der Waals surface area contributed by atoms with Gasteiger partial charge in [0.2, 0.25) is 0 Å². The molecule has 5 nitrogen and oxygen atoms in total. The highest BCUT2D eigenvalue weighted by Crippen LogP contribution is 2.26. The van der Waals surface area contributed by atoms with E-state index in [1.165, 1.54) is 0 Å². The maximum absolute atomic E-state index is 13.5. The molecule has 1 aromatic heterocycles. The number of hydrogen-bond donors (Lipinski definition) is 0. The molecule has 0 atom stereocenters. The first kappa shape index (κ1) is 18.2. The molecular weight excluding hydrogens is 350 g/mol. The van der Waals surface area contributed by atoms with Gasteiger partial charge in [0.15, 0.2) is 0 Å². The number of nitrogens with zero attached hydrogens (tertiary/aromatic N) is 3. The van der Waals surface area contributed by atoms with E-state index in [0.29, 0.717) is 43.5 Å². The minimum absolute atomic E-state index is 0.116. The summed E-state index contributed by atoms with van der Waals surface area (Å²) in [5.74, 6) is 1.30. The zero-order chi connectivity index (χ0) is 19.5. The maximum atomic E-state index is 13.5. The van der Waals surface area contributed by atoms with Crippen molar-refractivity contribution in [3.63, 3.8) is 0 Å². The number of anilines is 1. The second kappa shape index (κ2) is 7.82. The van der Waals surface area contributed by atoms with Crippen molar-refractivity contribution in [2.45, 2.75) is 6.92 Å². The summed E-state index contributed by atoms with van der Waals surface area (Å²) in [5, 5.41) is 0. The lowest BCUT2D eigenvalue weighted by molar-refractivity contribution is 0.122. The van der Waals surface area contributed by atoms with Gasteiger partial charge in [0, 0.05) is 18.7 Å². The SMILES string of the molecule is C=Cc1c(N2CCOCC2)nc(-c2ccccc2)n(-c2ccc(C)cc2)c1=O. The minimum Gasteiger partial charge on any atom is -0.378 e. The predicted molar refractivity (Wildman–Crippen MR) is 113 cm³/mol. The Kier molecular flexibility index (Phi) is 5.08. The number of hydrogen-bond acceptors (Lipinski definition) is 4. The molecule has 0 N–H and O–H groups in total. The number of ether oxygens (including phenoxy) is 1. The second-order valence-corrected chi connectivity index (χ2v) is 6.82. The van der Waals surface area contributed by atoms with E-state index in [0.717, 1.165) is 16.8 Å². The Morgan fingerprint density at radius 2 is 1.71 bits per heavy atom. The fraction of sp³-hybridized carbons (Fsp3) is 0.217. The molecule has 0 amide bonds. The average Bonchev–Trinajstić information content (AvgIpc) is 2.75. The smallest absolute Gasteiger partial charge is 0.267 e. The Labute approximate surface area is 164 Å². The van der Waals surface area contributed by atoms with Gasteiger partial charge in [-0.3, -0.25) is 9.36 Å². The number of aromatic nitrogens is 2. The topological polar surface area (TPSA) is 47.4 Å². The highest BCUT2D eigenvalue weighted by molar-refractivity contribution is 5.68. The molecule has 28 heavy (non-hydrogen) atoms. The van der Waals surface area contributed by atoms with Gasteiger partial charge in [0.25, 0.3) is 5.56 Å². The normalized spacial score (nSPS) is 14.1. The molecule has 0 saturated carbocycles. The van der Waals surface area contributed by atoms with Gasteiger partial charge in [0.05, 0.1) is 24.5 Å². The van der Waals surface area contributed by atoms with Crippen molar-refractivity contribution in [3.8, 4) is 17.1 Å². The molecule has 0 unspecified atom stereocenters. The standard InChI is InChI=1S/C23H23N3O2/c1-3-20-22(25-13-15-28-16-14-25)24-21(18-7-5-4-6-8-18)26(23(20)27)19-11-9-17(2)10-12-19/h3-12H,1,13-16H2,2H3. The molecule has 2 heterocycles. The van der Waals surface area contributed by atoms with Gasteiger partial charge in [0.1, 0.15) is 11.6 Å². The molecule has 0 radical (unpaired) electrons. The lowest BCUT2D eigenvalue weighted by atomic mass is 10.1. The summed E-state index contributed by atoms with van der Waals surface area (Å²) in [4.78, 5) is 20.6. The van der Waals surface area contributed by atoms with Crippen LogP contribution in [0.1, 0.15) is 11.1 Å².